The van der Waals surface area contributed by atoms with Crippen LogP contribution in [0.5, 0.6) is 5.75 Å². The third kappa shape index (κ3) is 4.20. The highest BCUT2D eigenvalue weighted by Crippen LogP contribution is 2.32. The fourth-order valence-corrected chi connectivity index (χ4v) is 2.69. The first-order chi connectivity index (χ1) is 8.19. The summed E-state index contributed by atoms with van der Waals surface area (Å²) < 4.78 is 5.90. The summed E-state index contributed by atoms with van der Waals surface area (Å²) in [5, 5.41) is 1.22. The van der Waals surface area contributed by atoms with Crippen molar-refractivity contribution in [2.24, 2.45) is 11.7 Å². The van der Waals surface area contributed by atoms with Gasteiger partial charge in [-0.1, -0.05) is 23.2 Å². The lowest BCUT2D eigenvalue weighted by molar-refractivity contribution is 0.133. The number of halogens is 3. The molecular weight excluding hydrogens is 293 g/mol. The van der Waals surface area contributed by atoms with E-state index in [9.17, 15) is 0 Å². The van der Waals surface area contributed by atoms with Gasteiger partial charge >= 0.3 is 0 Å². The molecule has 2 nitrogen and oxygen atoms in total. The standard InChI is InChI=1S/C13H17Cl2NO.ClH/c14-10-3-6-13(12(15)7-10)17-11-4-1-9(8-16)2-5-11;/h3,6-7,9,11H,1-2,4-5,8,16H2;1H. The zero-order valence-corrected chi connectivity index (χ0v) is 12.4. The summed E-state index contributed by atoms with van der Waals surface area (Å²) >= 11 is 11.9. The molecule has 1 aromatic rings. The van der Waals surface area contributed by atoms with E-state index in [1.807, 2.05) is 6.07 Å². The van der Waals surface area contributed by atoms with Crippen LogP contribution in [-0.4, -0.2) is 12.6 Å². The molecule has 0 heterocycles. The molecule has 1 aliphatic rings. The lowest BCUT2D eigenvalue weighted by atomic mass is 9.87. The van der Waals surface area contributed by atoms with Gasteiger partial charge in [-0.15, -0.1) is 12.4 Å². The Bertz CT molecular complexity index is 378. The molecule has 0 unspecified atom stereocenters. The number of hydrogen-bond acceptors (Lipinski definition) is 2. The molecule has 1 fully saturated rings. The highest BCUT2D eigenvalue weighted by molar-refractivity contribution is 6.35. The molecule has 0 spiro atoms. The van der Waals surface area contributed by atoms with Crippen molar-refractivity contribution in [2.45, 2.75) is 31.8 Å². The minimum Gasteiger partial charge on any atom is -0.489 e. The van der Waals surface area contributed by atoms with Crippen molar-refractivity contribution in [3.8, 4) is 5.75 Å². The van der Waals surface area contributed by atoms with E-state index in [1.165, 1.54) is 0 Å². The molecule has 2 N–H and O–H groups in total. The Morgan fingerprint density at radius 2 is 1.83 bits per heavy atom. The second-order valence-electron chi connectivity index (χ2n) is 4.57. The van der Waals surface area contributed by atoms with Gasteiger partial charge in [0.15, 0.2) is 0 Å². The van der Waals surface area contributed by atoms with Crippen LogP contribution in [0.2, 0.25) is 10.0 Å². The minimum atomic E-state index is 0. The van der Waals surface area contributed by atoms with Gasteiger partial charge in [-0.2, -0.15) is 0 Å². The monoisotopic (exact) mass is 309 g/mol. The van der Waals surface area contributed by atoms with Crippen LogP contribution in [0.25, 0.3) is 0 Å². The first kappa shape index (κ1) is 15.9. The van der Waals surface area contributed by atoms with E-state index in [1.54, 1.807) is 12.1 Å². The molecule has 1 aliphatic carbocycles. The zero-order chi connectivity index (χ0) is 12.3. The highest BCUT2D eigenvalue weighted by atomic mass is 35.5. The van der Waals surface area contributed by atoms with Crippen molar-refractivity contribution < 1.29 is 4.74 Å². The Morgan fingerprint density at radius 3 is 2.39 bits per heavy atom. The van der Waals surface area contributed by atoms with E-state index < -0.39 is 0 Å². The van der Waals surface area contributed by atoms with Gasteiger partial charge in [0.2, 0.25) is 0 Å². The SMILES string of the molecule is Cl.NCC1CCC(Oc2ccc(Cl)cc2Cl)CC1. The van der Waals surface area contributed by atoms with Crippen LogP contribution in [0.1, 0.15) is 25.7 Å². The molecule has 1 aromatic carbocycles. The second kappa shape index (κ2) is 7.44. The van der Waals surface area contributed by atoms with Crippen LogP contribution in [0.3, 0.4) is 0 Å². The van der Waals surface area contributed by atoms with E-state index in [4.69, 9.17) is 33.7 Å². The summed E-state index contributed by atoms with van der Waals surface area (Å²) in [6, 6.07) is 5.35. The van der Waals surface area contributed by atoms with Crippen molar-refractivity contribution in [2.75, 3.05) is 6.54 Å². The lowest BCUT2D eigenvalue weighted by Gasteiger charge is -2.28. The van der Waals surface area contributed by atoms with Gasteiger partial charge in [0.25, 0.3) is 0 Å². The van der Waals surface area contributed by atoms with Gasteiger partial charge in [-0.05, 0) is 56.3 Å². The van der Waals surface area contributed by atoms with Crippen molar-refractivity contribution in [1.82, 2.24) is 0 Å². The predicted molar refractivity (Wildman–Crippen MR) is 79.1 cm³/mol. The van der Waals surface area contributed by atoms with E-state index in [-0.39, 0.29) is 18.5 Å². The van der Waals surface area contributed by atoms with E-state index in [0.717, 1.165) is 38.0 Å². The average molecular weight is 311 g/mol. The first-order valence-electron chi connectivity index (χ1n) is 6.01. The molecule has 0 aliphatic heterocycles. The number of nitrogens with two attached hydrogens (primary N) is 1. The maximum Gasteiger partial charge on any atom is 0.138 e. The van der Waals surface area contributed by atoms with Crippen LogP contribution in [0, 0.1) is 5.92 Å². The topological polar surface area (TPSA) is 35.2 Å². The number of ether oxygens (including phenoxy) is 1. The summed E-state index contributed by atoms with van der Waals surface area (Å²) in [4.78, 5) is 0. The number of hydrogen-bond donors (Lipinski definition) is 1. The van der Waals surface area contributed by atoms with Crippen molar-refractivity contribution in [3.63, 3.8) is 0 Å². The van der Waals surface area contributed by atoms with Crippen LogP contribution in [0.15, 0.2) is 18.2 Å². The summed E-state index contributed by atoms with van der Waals surface area (Å²) in [6.07, 6.45) is 4.66. The van der Waals surface area contributed by atoms with Crippen molar-refractivity contribution >= 4 is 35.6 Å². The largest absolute Gasteiger partial charge is 0.489 e. The van der Waals surface area contributed by atoms with Gasteiger partial charge in [0.05, 0.1) is 11.1 Å². The van der Waals surface area contributed by atoms with Gasteiger partial charge in [0, 0.05) is 5.02 Å². The van der Waals surface area contributed by atoms with Gasteiger partial charge < -0.3 is 10.5 Å². The van der Waals surface area contributed by atoms with E-state index in [0.29, 0.717) is 16.0 Å². The Labute approximate surface area is 124 Å². The van der Waals surface area contributed by atoms with Gasteiger partial charge in [0.1, 0.15) is 5.75 Å². The molecule has 18 heavy (non-hydrogen) atoms. The summed E-state index contributed by atoms with van der Waals surface area (Å²) in [6.45, 7) is 0.786. The molecule has 0 atom stereocenters. The third-order valence-electron chi connectivity index (χ3n) is 3.31. The highest BCUT2D eigenvalue weighted by Gasteiger charge is 2.21. The molecule has 0 radical (unpaired) electrons. The smallest absolute Gasteiger partial charge is 0.138 e. The number of rotatable bonds is 3. The van der Waals surface area contributed by atoms with Crippen LogP contribution < -0.4 is 10.5 Å². The lowest BCUT2D eigenvalue weighted by Crippen LogP contribution is -2.27. The van der Waals surface area contributed by atoms with Gasteiger partial charge in [-0.3, -0.25) is 0 Å². The van der Waals surface area contributed by atoms with E-state index >= 15 is 0 Å². The van der Waals surface area contributed by atoms with Crippen molar-refractivity contribution in [3.05, 3.63) is 28.2 Å². The molecule has 2 rings (SSSR count). The average Bonchev–Trinajstić information content (AvgIpc) is 2.34. The predicted octanol–water partition coefficient (Wildman–Crippen LogP) is 4.31. The fraction of sp³-hybridized carbons (Fsp3) is 0.538. The minimum absolute atomic E-state index is 0. The maximum absolute atomic E-state index is 6.08. The Kier molecular flexibility index (Phi) is 6.58. The molecule has 5 heteroatoms. The van der Waals surface area contributed by atoms with Crippen molar-refractivity contribution in [1.29, 1.82) is 0 Å². The van der Waals surface area contributed by atoms with Crippen LogP contribution >= 0.6 is 35.6 Å². The summed E-state index contributed by atoms with van der Waals surface area (Å²) in [5.74, 6) is 1.39. The molecule has 0 bridgehead atoms. The summed E-state index contributed by atoms with van der Waals surface area (Å²) in [5.41, 5.74) is 5.67. The van der Waals surface area contributed by atoms with Crippen LogP contribution in [0.4, 0.5) is 0 Å². The molecule has 0 aromatic heterocycles. The molecule has 0 amide bonds. The van der Waals surface area contributed by atoms with Gasteiger partial charge in [-0.25, -0.2) is 0 Å². The Morgan fingerprint density at radius 1 is 1.17 bits per heavy atom. The number of benzene rings is 1. The molecular formula is C13H18Cl3NO. The third-order valence-corrected chi connectivity index (χ3v) is 3.85. The molecule has 0 saturated heterocycles. The zero-order valence-electron chi connectivity index (χ0n) is 10.1. The second-order valence-corrected chi connectivity index (χ2v) is 5.41. The quantitative estimate of drug-likeness (QED) is 0.903. The normalized spacial score (nSPS) is 23.3. The molecule has 102 valence electrons. The molecule has 1 saturated carbocycles. The first-order valence-corrected chi connectivity index (χ1v) is 6.76. The van der Waals surface area contributed by atoms with Crippen LogP contribution in [-0.2, 0) is 0 Å². The summed E-state index contributed by atoms with van der Waals surface area (Å²) in [7, 11) is 0. The fourth-order valence-electron chi connectivity index (χ4n) is 2.24. The maximum atomic E-state index is 6.08. The Hall–Kier alpha value is -0.150. The Balaban J connectivity index is 0.00000162. The van der Waals surface area contributed by atoms with E-state index in [2.05, 4.69) is 0 Å².